The lowest BCUT2D eigenvalue weighted by Gasteiger charge is -2.26. The molecule has 7 heteroatoms. The van der Waals surface area contributed by atoms with Crippen LogP contribution in [0.2, 0.25) is 0 Å². The largest absolute Gasteiger partial charge is 0.444 e. The van der Waals surface area contributed by atoms with Crippen molar-refractivity contribution in [3.05, 3.63) is 24.0 Å². The van der Waals surface area contributed by atoms with Gasteiger partial charge in [0.25, 0.3) is 0 Å². The predicted octanol–water partition coefficient (Wildman–Crippen LogP) is 2.93. The lowest BCUT2D eigenvalue weighted by atomic mass is 10.2. The van der Waals surface area contributed by atoms with E-state index in [9.17, 15) is 4.79 Å². The molecule has 0 radical (unpaired) electrons. The molecule has 1 heterocycles. The molecule has 0 fully saturated rings. The molecule has 0 aliphatic heterocycles. The van der Waals surface area contributed by atoms with Gasteiger partial charge in [0.1, 0.15) is 5.60 Å². The number of carbonyl (C=O) groups excluding carboxylic acids is 1. The second kappa shape index (κ2) is 10.2. The van der Waals surface area contributed by atoms with E-state index in [1.165, 1.54) is 5.69 Å². The van der Waals surface area contributed by atoms with E-state index in [0.717, 1.165) is 19.0 Å². The molecule has 1 aromatic rings. The number of rotatable bonds is 7. The maximum absolute atomic E-state index is 12.1. The molecule has 27 heavy (non-hydrogen) atoms. The molecule has 1 N–H and O–H groups in total. The van der Waals surface area contributed by atoms with E-state index in [1.54, 1.807) is 11.9 Å². The van der Waals surface area contributed by atoms with Crippen molar-refractivity contribution in [3.8, 4) is 0 Å². The molecule has 1 atom stereocenters. The minimum Gasteiger partial charge on any atom is -0.444 e. The summed E-state index contributed by atoms with van der Waals surface area (Å²) < 4.78 is 7.51. The Balaban J connectivity index is 2.63. The van der Waals surface area contributed by atoms with Crippen LogP contribution in [0.15, 0.2) is 23.3 Å². The highest BCUT2D eigenvalue weighted by Gasteiger charge is 2.20. The summed E-state index contributed by atoms with van der Waals surface area (Å²) in [6.07, 6.45) is 1.74. The van der Waals surface area contributed by atoms with Crippen molar-refractivity contribution in [1.82, 2.24) is 19.7 Å². The van der Waals surface area contributed by atoms with E-state index in [-0.39, 0.29) is 12.0 Å². The first-order valence-electron chi connectivity index (χ1n) is 9.57. The van der Waals surface area contributed by atoms with Crippen molar-refractivity contribution in [1.29, 1.82) is 0 Å². The number of carbonyl (C=O) groups is 1. The Morgan fingerprint density at radius 1 is 1.33 bits per heavy atom. The molecule has 0 saturated heterocycles. The number of aromatic nitrogens is 1. The second-order valence-corrected chi connectivity index (χ2v) is 8.13. The van der Waals surface area contributed by atoms with Gasteiger partial charge in [0.05, 0.1) is 6.54 Å². The molecular weight excluding hydrogens is 342 g/mol. The standard InChI is InChI=1S/C20H37N5O2/c1-9-21-18(24(7)15-17-11-10-12-23(17)6)22-13-16(2)14-25(8)19(26)27-20(3,4)5/h10-12,16H,9,13-15H2,1-8H3,(H,21,22). The number of guanidine groups is 1. The third-order valence-corrected chi connectivity index (χ3v) is 3.99. The zero-order valence-electron chi connectivity index (χ0n) is 18.2. The van der Waals surface area contributed by atoms with Gasteiger partial charge in [0, 0.05) is 52.7 Å². The van der Waals surface area contributed by atoms with Crippen LogP contribution in [-0.4, -0.2) is 65.8 Å². The van der Waals surface area contributed by atoms with Gasteiger partial charge in [0.15, 0.2) is 5.96 Å². The van der Waals surface area contributed by atoms with Crippen molar-refractivity contribution in [2.24, 2.45) is 18.0 Å². The minimum atomic E-state index is -0.482. The fraction of sp³-hybridized carbons (Fsp3) is 0.700. The molecule has 1 unspecified atom stereocenters. The number of hydrogen-bond acceptors (Lipinski definition) is 3. The SMILES string of the molecule is CCNC(=NCC(C)CN(C)C(=O)OC(C)(C)C)N(C)Cc1cccn1C. The molecule has 154 valence electrons. The van der Waals surface area contributed by atoms with Crippen molar-refractivity contribution >= 4 is 12.1 Å². The molecule has 0 aromatic carbocycles. The first-order chi connectivity index (χ1) is 12.5. The smallest absolute Gasteiger partial charge is 0.410 e. The van der Waals surface area contributed by atoms with E-state index in [0.29, 0.717) is 13.1 Å². The van der Waals surface area contributed by atoms with Crippen LogP contribution in [0.25, 0.3) is 0 Å². The van der Waals surface area contributed by atoms with Crippen molar-refractivity contribution in [2.45, 2.75) is 46.8 Å². The Morgan fingerprint density at radius 2 is 2.00 bits per heavy atom. The first kappa shape index (κ1) is 22.9. The average Bonchev–Trinajstić information content (AvgIpc) is 2.94. The van der Waals surface area contributed by atoms with Gasteiger partial charge in [-0.1, -0.05) is 6.92 Å². The van der Waals surface area contributed by atoms with Crippen LogP contribution < -0.4 is 5.32 Å². The summed E-state index contributed by atoms with van der Waals surface area (Å²) in [7, 11) is 5.84. The lowest BCUT2D eigenvalue weighted by Crippen LogP contribution is -2.40. The van der Waals surface area contributed by atoms with E-state index < -0.39 is 5.60 Å². The van der Waals surface area contributed by atoms with Gasteiger partial charge in [-0.3, -0.25) is 4.99 Å². The molecule has 0 aliphatic rings. The summed E-state index contributed by atoms with van der Waals surface area (Å²) in [5.41, 5.74) is 0.741. The van der Waals surface area contributed by atoms with Gasteiger partial charge < -0.3 is 24.4 Å². The van der Waals surface area contributed by atoms with Gasteiger partial charge in [0.2, 0.25) is 0 Å². The lowest BCUT2D eigenvalue weighted by molar-refractivity contribution is 0.0279. The summed E-state index contributed by atoms with van der Waals surface area (Å²) in [6.45, 7) is 12.6. The second-order valence-electron chi connectivity index (χ2n) is 8.13. The van der Waals surface area contributed by atoms with Crippen LogP contribution in [0.1, 0.15) is 40.3 Å². The summed E-state index contributed by atoms with van der Waals surface area (Å²) in [6, 6.07) is 4.15. The molecule has 0 spiro atoms. The first-order valence-corrected chi connectivity index (χ1v) is 9.57. The molecule has 1 aromatic heterocycles. The van der Waals surface area contributed by atoms with E-state index in [2.05, 4.69) is 34.7 Å². The van der Waals surface area contributed by atoms with E-state index in [1.807, 2.05) is 47.1 Å². The number of aryl methyl sites for hydroxylation is 1. The highest BCUT2D eigenvalue weighted by Crippen LogP contribution is 2.10. The van der Waals surface area contributed by atoms with Crippen LogP contribution in [0.4, 0.5) is 4.79 Å². The number of nitrogens with one attached hydrogen (secondary N) is 1. The average molecular weight is 380 g/mol. The quantitative estimate of drug-likeness (QED) is 0.584. The highest BCUT2D eigenvalue weighted by molar-refractivity contribution is 5.79. The third-order valence-electron chi connectivity index (χ3n) is 3.99. The topological polar surface area (TPSA) is 62.1 Å². The van der Waals surface area contributed by atoms with Gasteiger partial charge >= 0.3 is 6.09 Å². The molecule has 7 nitrogen and oxygen atoms in total. The maximum Gasteiger partial charge on any atom is 0.410 e. The number of hydrogen-bond donors (Lipinski definition) is 1. The number of ether oxygens (including phenoxy) is 1. The Labute approximate surface area is 164 Å². The molecule has 0 saturated carbocycles. The Morgan fingerprint density at radius 3 is 2.52 bits per heavy atom. The van der Waals surface area contributed by atoms with Gasteiger partial charge in [-0.25, -0.2) is 4.79 Å². The van der Waals surface area contributed by atoms with Crippen LogP contribution in [-0.2, 0) is 18.3 Å². The number of amides is 1. The Bertz CT molecular complexity index is 618. The fourth-order valence-electron chi connectivity index (χ4n) is 2.63. The van der Waals surface area contributed by atoms with Crippen LogP contribution >= 0.6 is 0 Å². The molecule has 0 aliphatic carbocycles. The monoisotopic (exact) mass is 379 g/mol. The van der Waals surface area contributed by atoms with Crippen LogP contribution in [0.3, 0.4) is 0 Å². The third kappa shape index (κ3) is 8.37. The molecular formula is C20H37N5O2. The minimum absolute atomic E-state index is 0.222. The number of aliphatic imine (C=N–C) groups is 1. The molecule has 1 amide bonds. The van der Waals surface area contributed by atoms with Gasteiger partial charge in [-0.15, -0.1) is 0 Å². The number of nitrogens with zero attached hydrogens (tertiary/aromatic N) is 4. The van der Waals surface area contributed by atoms with Crippen LogP contribution in [0.5, 0.6) is 0 Å². The van der Waals surface area contributed by atoms with Crippen LogP contribution in [0, 0.1) is 5.92 Å². The summed E-state index contributed by atoms with van der Waals surface area (Å²) in [5.74, 6) is 1.09. The highest BCUT2D eigenvalue weighted by atomic mass is 16.6. The Kier molecular flexibility index (Phi) is 8.66. The zero-order chi connectivity index (χ0) is 20.6. The Hall–Kier alpha value is -2.18. The van der Waals surface area contributed by atoms with Crippen molar-refractivity contribution in [2.75, 3.05) is 33.7 Å². The molecule has 1 rings (SSSR count). The summed E-state index contributed by atoms with van der Waals surface area (Å²) >= 11 is 0. The van der Waals surface area contributed by atoms with Gasteiger partial charge in [-0.2, -0.15) is 0 Å². The van der Waals surface area contributed by atoms with Crippen molar-refractivity contribution < 1.29 is 9.53 Å². The zero-order valence-corrected chi connectivity index (χ0v) is 18.2. The maximum atomic E-state index is 12.1. The predicted molar refractivity (Wildman–Crippen MR) is 111 cm³/mol. The summed E-state index contributed by atoms with van der Waals surface area (Å²) in [4.78, 5) is 20.6. The fourth-order valence-corrected chi connectivity index (χ4v) is 2.63. The summed E-state index contributed by atoms with van der Waals surface area (Å²) in [5, 5.41) is 3.34. The van der Waals surface area contributed by atoms with E-state index in [4.69, 9.17) is 9.73 Å². The molecule has 0 bridgehead atoms. The van der Waals surface area contributed by atoms with E-state index >= 15 is 0 Å². The van der Waals surface area contributed by atoms with Crippen molar-refractivity contribution in [3.63, 3.8) is 0 Å². The normalized spacial score (nSPS) is 13.3. The van der Waals surface area contributed by atoms with Gasteiger partial charge in [-0.05, 0) is 45.7 Å².